The maximum absolute atomic E-state index is 11.8. The molecule has 86 valence electrons. The molecule has 0 aliphatic carbocycles. The standard InChI is InChI=1S/C10H19N3O2/c1-8(7-9(11)14)10(15)13-5-3-12(2)4-6-13/h8H,3-7H2,1-2H3,(H2,11,14). The lowest BCUT2D eigenvalue weighted by Crippen LogP contribution is -2.49. The molecular formula is C10H19N3O2. The average molecular weight is 213 g/mol. The van der Waals surface area contributed by atoms with Crippen LogP contribution < -0.4 is 5.73 Å². The number of nitrogens with two attached hydrogens (primary N) is 1. The van der Waals surface area contributed by atoms with E-state index in [4.69, 9.17) is 5.73 Å². The number of likely N-dealkylation sites (N-methyl/N-ethyl adjacent to an activating group) is 1. The Kier molecular flexibility index (Phi) is 4.08. The predicted molar refractivity (Wildman–Crippen MR) is 57.1 cm³/mol. The van der Waals surface area contributed by atoms with E-state index >= 15 is 0 Å². The summed E-state index contributed by atoms with van der Waals surface area (Å²) in [7, 11) is 2.04. The molecule has 5 heteroatoms. The number of carbonyl (C=O) groups excluding carboxylic acids is 2. The fourth-order valence-electron chi connectivity index (χ4n) is 1.73. The summed E-state index contributed by atoms with van der Waals surface area (Å²) in [6, 6.07) is 0. The van der Waals surface area contributed by atoms with Crippen LogP contribution in [0.2, 0.25) is 0 Å². The molecule has 1 fully saturated rings. The van der Waals surface area contributed by atoms with Gasteiger partial charge in [0.25, 0.3) is 0 Å². The summed E-state index contributed by atoms with van der Waals surface area (Å²) in [4.78, 5) is 26.5. The Labute approximate surface area is 90.2 Å². The number of hydrogen-bond donors (Lipinski definition) is 1. The number of piperazine rings is 1. The van der Waals surface area contributed by atoms with Crippen molar-refractivity contribution in [2.75, 3.05) is 33.2 Å². The van der Waals surface area contributed by atoms with Gasteiger partial charge < -0.3 is 15.5 Å². The average Bonchev–Trinajstić information content (AvgIpc) is 2.17. The van der Waals surface area contributed by atoms with Crippen molar-refractivity contribution in [1.82, 2.24) is 9.80 Å². The molecule has 15 heavy (non-hydrogen) atoms. The van der Waals surface area contributed by atoms with Crippen LogP contribution in [0.5, 0.6) is 0 Å². The highest BCUT2D eigenvalue weighted by atomic mass is 16.2. The second-order valence-corrected chi connectivity index (χ2v) is 4.20. The summed E-state index contributed by atoms with van der Waals surface area (Å²) in [6.07, 6.45) is 0.144. The first kappa shape index (κ1) is 12.0. The van der Waals surface area contributed by atoms with Crippen LogP contribution in [0.25, 0.3) is 0 Å². The van der Waals surface area contributed by atoms with Gasteiger partial charge in [-0.05, 0) is 7.05 Å². The summed E-state index contributed by atoms with van der Waals surface area (Å²) >= 11 is 0. The fraction of sp³-hybridized carbons (Fsp3) is 0.800. The molecule has 1 saturated heterocycles. The molecule has 0 spiro atoms. The number of primary amides is 1. The van der Waals surface area contributed by atoms with Gasteiger partial charge >= 0.3 is 0 Å². The first-order valence-corrected chi connectivity index (χ1v) is 5.26. The van der Waals surface area contributed by atoms with Gasteiger partial charge in [-0.2, -0.15) is 0 Å². The van der Waals surface area contributed by atoms with Gasteiger partial charge in [0, 0.05) is 38.5 Å². The number of nitrogens with zero attached hydrogens (tertiary/aromatic N) is 2. The van der Waals surface area contributed by atoms with E-state index in [0.29, 0.717) is 0 Å². The van der Waals surface area contributed by atoms with Crippen LogP contribution in [0.1, 0.15) is 13.3 Å². The zero-order valence-electron chi connectivity index (χ0n) is 9.40. The molecule has 0 aromatic carbocycles. The van der Waals surface area contributed by atoms with E-state index in [1.165, 1.54) is 0 Å². The lowest BCUT2D eigenvalue weighted by atomic mass is 10.1. The molecule has 1 atom stereocenters. The van der Waals surface area contributed by atoms with Crippen LogP contribution >= 0.6 is 0 Å². The van der Waals surface area contributed by atoms with Gasteiger partial charge in [0.1, 0.15) is 0 Å². The third kappa shape index (κ3) is 3.51. The second kappa shape index (κ2) is 5.11. The highest BCUT2D eigenvalue weighted by Gasteiger charge is 2.24. The van der Waals surface area contributed by atoms with Crippen LogP contribution in [-0.4, -0.2) is 54.8 Å². The normalized spacial score (nSPS) is 20.0. The molecule has 0 aromatic heterocycles. The lowest BCUT2D eigenvalue weighted by Gasteiger charge is -2.33. The van der Waals surface area contributed by atoms with Crippen LogP contribution in [-0.2, 0) is 9.59 Å². The summed E-state index contributed by atoms with van der Waals surface area (Å²) < 4.78 is 0. The molecule has 1 aliphatic rings. The van der Waals surface area contributed by atoms with Gasteiger partial charge in [-0.15, -0.1) is 0 Å². The Bertz CT molecular complexity index is 247. The van der Waals surface area contributed by atoms with E-state index < -0.39 is 5.91 Å². The highest BCUT2D eigenvalue weighted by Crippen LogP contribution is 2.09. The van der Waals surface area contributed by atoms with Crippen LogP contribution in [0, 0.1) is 5.92 Å². The van der Waals surface area contributed by atoms with Crippen molar-refractivity contribution in [3.05, 3.63) is 0 Å². The predicted octanol–water partition coefficient (Wildman–Crippen LogP) is -0.728. The zero-order chi connectivity index (χ0) is 11.4. The van der Waals surface area contributed by atoms with E-state index in [2.05, 4.69) is 4.90 Å². The quantitative estimate of drug-likeness (QED) is 0.672. The molecule has 1 rings (SSSR count). The summed E-state index contributed by atoms with van der Waals surface area (Å²) in [6.45, 7) is 5.05. The topological polar surface area (TPSA) is 66.6 Å². The molecule has 5 nitrogen and oxygen atoms in total. The molecule has 2 N–H and O–H groups in total. The minimum atomic E-state index is -0.412. The monoisotopic (exact) mass is 213 g/mol. The number of carbonyl (C=O) groups is 2. The van der Waals surface area contributed by atoms with Crippen LogP contribution in [0.4, 0.5) is 0 Å². The third-order valence-electron chi connectivity index (χ3n) is 2.74. The molecule has 1 unspecified atom stereocenters. The number of rotatable bonds is 3. The van der Waals surface area contributed by atoms with E-state index in [-0.39, 0.29) is 18.2 Å². The van der Waals surface area contributed by atoms with Gasteiger partial charge in [-0.25, -0.2) is 0 Å². The molecule has 0 bridgehead atoms. The Morgan fingerprint density at radius 1 is 1.27 bits per heavy atom. The van der Waals surface area contributed by atoms with Crippen molar-refractivity contribution >= 4 is 11.8 Å². The van der Waals surface area contributed by atoms with E-state index in [1.54, 1.807) is 6.92 Å². The maximum atomic E-state index is 11.8. The van der Waals surface area contributed by atoms with Gasteiger partial charge in [0.15, 0.2) is 0 Å². The zero-order valence-corrected chi connectivity index (χ0v) is 9.40. The van der Waals surface area contributed by atoms with Crippen molar-refractivity contribution in [3.63, 3.8) is 0 Å². The number of hydrogen-bond acceptors (Lipinski definition) is 3. The van der Waals surface area contributed by atoms with Gasteiger partial charge in [-0.1, -0.05) is 6.92 Å². The molecule has 0 radical (unpaired) electrons. The Morgan fingerprint density at radius 2 is 1.80 bits per heavy atom. The Balaban J connectivity index is 2.42. The summed E-state index contributed by atoms with van der Waals surface area (Å²) in [5.41, 5.74) is 5.06. The SMILES string of the molecule is CC(CC(N)=O)C(=O)N1CCN(C)CC1. The molecule has 0 saturated carbocycles. The van der Waals surface area contributed by atoms with Crippen LogP contribution in [0.3, 0.4) is 0 Å². The third-order valence-corrected chi connectivity index (χ3v) is 2.74. The molecule has 1 heterocycles. The summed E-state index contributed by atoms with van der Waals surface area (Å²) in [5.74, 6) is -0.655. The van der Waals surface area contributed by atoms with Gasteiger partial charge in [-0.3, -0.25) is 9.59 Å². The molecule has 2 amide bonds. The Morgan fingerprint density at radius 3 is 2.27 bits per heavy atom. The largest absolute Gasteiger partial charge is 0.370 e. The minimum Gasteiger partial charge on any atom is -0.370 e. The van der Waals surface area contributed by atoms with E-state index in [9.17, 15) is 9.59 Å². The Hall–Kier alpha value is -1.10. The van der Waals surface area contributed by atoms with Crippen molar-refractivity contribution in [1.29, 1.82) is 0 Å². The van der Waals surface area contributed by atoms with Gasteiger partial charge in [0.05, 0.1) is 0 Å². The maximum Gasteiger partial charge on any atom is 0.226 e. The first-order valence-electron chi connectivity index (χ1n) is 5.26. The lowest BCUT2D eigenvalue weighted by molar-refractivity contribution is -0.138. The van der Waals surface area contributed by atoms with E-state index in [0.717, 1.165) is 26.2 Å². The molecule has 0 aromatic rings. The van der Waals surface area contributed by atoms with Crippen LogP contribution in [0.15, 0.2) is 0 Å². The fourth-order valence-corrected chi connectivity index (χ4v) is 1.73. The van der Waals surface area contributed by atoms with Crippen molar-refractivity contribution in [3.8, 4) is 0 Å². The number of amides is 2. The van der Waals surface area contributed by atoms with Crippen molar-refractivity contribution in [2.45, 2.75) is 13.3 Å². The highest BCUT2D eigenvalue weighted by molar-refractivity contribution is 5.84. The smallest absolute Gasteiger partial charge is 0.226 e. The molecule has 1 aliphatic heterocycles. The second-order valence-electron chi connectivity index (χ2n) is 4.20. The summed E-state index contributed by atoms with van der Waals surface area (Å²) in [5, 5.41) is 0. The van der Waals surface area contributed by atoms with Crippen molar-refractivity contribution < 1.29 is 9.59 Å². The minimum absolute atomic E-state index is 0.0434. The van der Waals surface area contributed by atoms with Crippen molar-refractivity contribution in [2.24, 2.45) is 11.7 Å². The van der Waals surface area contributed by atoms with Gasteiger partial charge in [0.2, 0.25) is 11.8 Å². The van der Waals surface area contributed by atoms with E-state index in [1.807, 2.05) is 11.9 Å². The molecular weight excluding hydrogens is 194 g/mol. The first-order chi connectivity index (χ1) is 7.00.